The van der Waals surface area contributed by atoms with Gasteiger partial charge in [-0.25, -0.2) is 14.4 Å². The van der Waals surface area contributed by atoms with Gasteiger partial charge in [-0.2, -0.15) is 4.37 Å². The number of hydrogen-bond acceptors (Lipinski definition) is 8. The van der Waals surface area contributed by atoms with Gasteiger partial charge < -0.3 is 14.6 Å². The standard InChI is InChI=1S/C11H5Cl2NO4S.C8H3Cl2NO2S/c12-5-2-1-4(3-6(5)13)8-7(10(15)16)9(11(17)18)19-14-8;9-5-2-1-4(3-6(5)10)7-11-14-8(12)13-7/h1-3H,(H,15,16)(H,17,18);1-3H. The van der Waals surface area contributed by atoms with E-state index in [4.69, 9.17) is 61.0 Å². The van der Waals surface area contributed by atoms with E-state index in [0.717, 1.165) is 11.5 Å². The summed E-state index contributed by atoms with van der Waals surface area (Å²) in [5, 5.41) is 19.5. The summed E-state index contributed by atoms with van der Waals surface area (Å²) < 4.78 is 12.5. The largest absolute Gasteiger partial charge is 0.478 e. The maximum Gasteiger partial charge on any atom is 0.414 e. The molecule has 4 rings (SSSR count). The molecule has 2 N–H and O–H groups in total. The first kappa shape index (κ1) is 25.2. The molecule has 0 spiro atoms. The van der Waals surface area contributed by atoms with Crippen LogP contribution in [0.2, 0.25) is 20.1 Å². The predicted molar refractivity (Wildman–Crippen MR) is 128 cm³/mol. The van der Waals surface area contributed by atoms with Gasteiger partial charge in [0.1, 0.15) is 10.4 Å². The van der Waals surface area contributed by atoms with Gasteiger partial charge in [-0.15, -0.1) is 4.37 Å². The minimum Gasteiger partial charge on any atom is -0.478 e. The van der Waals surface area contributed by atoms with Gasteiger partial charge in [0.2, 0.25) is 5.89 Å². The van der Waals surface area contributed by atoms with Crippen LogP contribution in [0.4, 0.5) is 0 Å². The van der Waals surface area contributed by atoms with E-state index in [0.29, 0.717) is 37.7 Å². The van der Waals surface area contributed by atoms with Crippen LogP contribution in [0.25, 0.3) is 22.7 Å². The number of hydrogen-bond donors (Lipinski definition) is 2. The highest BCUT2D eigenvalue weighted by atomic mass is 35.5. The van der Waals surface area contributed by atoms with Crippen LogP contribution in [0.3, 0.4) is 0 Å². The van der Waals surface area contributed by atoms with Crippen LogP contribution in [0.5, 0.6) is 0 Å². The number of halogens is 4. The normalized spacial score (nSPS) is 10.4. The molecule has 0 bridgehead atoms. The fourth-order valence-electron chi connectivity index (χ4n) is 2.41. The lowest BCUT2D eigenvalue weighted by Gasteiger charge is -2.02. The summed E-state index contributed by atoms with van der Waals surface area (Å²) in [5.41, 5.74) is 0.748. The summed E-state index contributed by atoms with van der Waals surface area (Å²) in [6, 6.07) is 9.37. The maximum atomic E-state index is 11.2. The van der Waals surface area contributed by atoms with Crippen molar-refractivity contribution in [3.05, 3.63) is 76.7 Å². The van der Waals surface area contributed by atoms with Gasteiger partial charge in [0, 0.05) is 11.1 Å². The molecule has 0 saturated carbocycles. The molecule has 2 heterocycles. The van der Waals surface area contributed by atoms with E-state index < -0.39 is 16.9 Å². The molecule has 0 aliphatic heterocycles. The molecule has 2 aromatic carbocycles. The summed E-state index contributed by atoms with van der Waals surface area (Å²) in [4.78, 5) is 32.1. The van der Waals surface area contributed by atoms with E-state index in [2.05, 4.69) is 8.75 Å². The Balaban J connectivity index is 0.000000194. The zero-order chi connectivity index (χ0) is 24.3. The number of carboxylic acids is 2. The summed E-state index contributed by atoms with van der Waals surface area (Å²) in [6.07, 6.45) is 0. The molecule has 170 valence electrons. The van der Waals surface area contributed by atoms with Crippen LogP contribution >= 0.6 is 69.5 Å². The van der Waals surface area contributed by atoms with E-state index in [9.17, 15) is 14.4 Å². The van der Waals surface area contributed by atoms with Crippen molar-refractivity contribution in [1.29, 1.82) is 0 Å². The monoisotopic (exact) mass is 564 g/mol. The number of carbonyl (C=O) groups is 2. The molecule has 0 amide bonds. The van der Waals surface area contributed by atoms with Gasteiger partial charge >= 0.3 is 16.9 Å². The fraction of sp³-hybridized carbons (Fsp3) is 0. The molecule has 2 aromatic heterocycles. The maximum absolute atomic E-state index is 11.2. The molecule has 33 heavy (non-hydrogen) atoms. The third-order valence-corrected chi connectivity index (χ3v) is 6.65. The van der Waals surface area contributed by atoms with Crippen molar-refractivity contribution in [2.75, 3.05) is 0 Å². The molecule has 4 aromatic rings. The smallest absolute Gasteiger partial charge is 0.414 e. The Morgan fingerprint density at radius 2 is 1.36 bits per heavy atom. The highest BCUT2D eigenvalue weighted by Gasteiger charge is 2.25. The van der Waals surface area contributed by atoms with Crippen molar-refractivity contribution >= 4 is 81.4 Å². The first-order valence-corrected chi connectivity index (χ1v) is 11.5. The van der Waals surface area contributed by atoms with Gasteiger partial charge in [0.05, 0.1) is 37.3 Å². The number of carboxylic acid groups (broad SMARTS) is 2. The lowest BCUT2D eigenvalue weighted by atomic mass is 10.1. The van der Waals surface area contributed by atoms with Crippen LogP contribution in [0, 0.1) is 0 Å². The molecule has 8 nitrogen and oxygen atoms in total. The quantitative estimate of drug-likeness (QED) is 0.283. The Morgan fingerprint density at radius 1 is 0.788 bits per heavy atom. The molecule has 14 heteroatoms. The van der Waals surface area contributed by atoms with Crippen LogP contribution in [0.1, 0.15) is 20.0 Å². The summed E-state index contributed by atoms with van der Waals surface area (Å²) >= 11 is 24.5. The fourth-order valence-corrected chi connectivity index (χ4v) is 4.16. The van der Waals surface area contributed by atoms with Crippen molar-refractivity contribution in [3.63, 3.8) is 0 Å². The van der Waals surface area contributed by atoms with Crippen LogP contribution in [0.15, 0.2) is 45.6 Å². The predicted octanol–water partition coefficient (Wildman–Crippen LogP) is 6.58. The number of aromatic carboxylic acids is 2. The van der Waals surface area contributed by atoms with Crippen molar-refractivity contribution in [2.24, 2.45) is 0 Å². The Kier molecular flexibility index (Phi) is 8.11. The van der Waals surface area contributed by atoms with Gasteiger partial charge in [-0.1, -0.05) is 52.5 Å². The van der Waals surface area contributed by atoms with E-state index >= 15 is 0 Å². The summed E-state index contributed by atoms with van der Waals surface area (Å²) in [6.45, 7) is 0. The van der Waals surface area contributed by atoms with Gasteiger partial charge in [0.25, 0.3) is 0 Å². The number of benzene rings is 2. The van der Waals surface area contributed by atoms with E-state index in [1.165, 1.54) is 18.2 Å². The Bertz CT molecular complexity index is 1420. The molecule has 0 radical (unpaired) electrons. The Hall–Kier alpha value is -2.47. The zero-order valence-corrected chi connectivity index (χ0v) is 20.4. The molecule has 0 atom stereocenters. The molecular formula is C19H8Cl4N2O6S2. The van der Waals surface area contributed by atoms with Crippen molar-refractivity contribution in [3.8, 4) is 22.7 Å². The molecule has 0 aliphatic rings. The Morgan fingerprint density at radius 3 is 1.85 bits per heavy atom. The Labute approximate surface area is 212 Å². The average molecular weight is 566 g/mol. The van der Waals surface area contributed by atoms with Crippen LogP contribution < -0.4 is 4.94 Å². The topological polar surface area (TPSA) is 131 Å². The molecule has 0 unspecified atom stereocenters. The number of aromatic nitrogens is 2. The lowest BCUT2D eigenvalue weighted by molar-refractivity contribution is 0.0656. The number of nitrogens with zero attached hydrogens (tertiary/aromatic N) is 2. The van der Waals surface area contributed by atoms with Gasteiger partial charge in [-0.3, -0.25) is 0 Å². The van der Waals surface area contributed by atoms with Crippen molar-refractivity contribution in [1.82, 2.24) is 8.75 Å². The SMILES string of the molecule is O=C(O)c1snc(-c2ccc(Cl)c(Cl)c2)c1C(=O)O.O=c1oc(-c2ccc(Cl)c(Cl)c2)ns1. The average Bonchev–Trinajstić information content (AvgIpc) is 3.39. The third-order valence-electron chi connectivity index (χ3n) is 3.84. The van der Waals surface area contributed by atoms with Gasteiger partial charge in [0.15, 0.2) is 0 Å². The minimum absolute atomic E-state index is 0.0634. The van der Waals surface area contributed by atoms with E-state index in [1.54, 1.807) is 18.2 Å². The second-order valence-electron chi connectivity index (χ2n) is 5.94. The third kappa shape index (κ3) is 5.91. The minimum atomic E-state index is -1.35. The van der Waals surface area contributed by atoms with Crippen molar-refractivity contribution < 1.29 is 24.2 Å². The zero-order valence-electron chi connectivity index (χ0n) is 15.7. The second kappa shape index (κ2) is 10.6. The second-order valence-corrected chi connectivity index (χ2v) is 9.04. The van der Waals surface area contributed by atoms with E-state index in [1.807, 2.05) is 0 Å². The molecule has 0 saturated heterocycles. The summed E-state index contributed by atoms with van der Waals surface area (Å²) in [7, 11) is 0. The lowest BCUT2D eigenvalue weighted by Crippen LogP contribution is -2.05. The van der Waals surface area contributed by atoms with Crippen LogP contribution in [-0.4, -0.2) is 30.9 Å². The summed E-state index contributed by atoms with van der Waals surface area (Å²) in [5.74, 6) is -2.42. The molecule has 0 aliphatic carbocycles. The first-order chi connectivity index (χ1) is 15.6. The molecular weight excluding hydrogens is 558 g/mol. The van der Waals surface area contributed by atoms with Gasteiger partial charge in [-0.05, 0) is 41.9 Å². The first-order valence-electron chi connectivity index (χ1n) is 8.42. The van der Waals surface area contributed by atoms with Crippen molar-refractivity contribution in [2.45, 2.75) is 0 Å². The highest BCUT2D eigenvalue weighted by Crippen LogP contribution is 2.33. The van der Waals surface area contributed by atoms with E-state index in [-0.39, 0.29) is 27.0 Å². The highest BCUT2D eigenvalue weighted by molar-refractivity contribution is 7.08. The van der Waals surface area contributed by atoms with Crippen LogP contribution in [-0.2, 0) is 0 Å². The molecule has 0 fully saturated rings. The number of rotatable bonds is 4.